The Hall–Kier alpha value is -1.46. The predicted octanol–water partition coefficient (Wildman–Crippen LogP) is 3.47. The van der Waals surface area contributed by atoms with Crippen molar-refractivity contribution in [3.63, 3.8) is 0 Å². The summed E-state index contributed by atoms with van der Waals surface area (Å²) in [6.45, 7) is 2.77. The van der Waals surface area contributed by atoms with Crippen LogP contribution in [0.3, 0.4) is 0 Å². The van der Waals surface area contributed by atoms with Gasteiger partial charge in [-0.1, -0.05) is 29.3 Å². The number of carbonyl (C=O) groups excluding carboxylic acids is 1. The number of halogens is 2. The third-order valence-corrected chi connectivity index (χ3v) is 4.76. The van der Waals surface area contributed by atoms with Crippen LogP contribution in [0.4, 0.5) is 0 Å². The number of benzene rings is 1. The van der Waals surface area contributed by atoms with Crippen LogP contribution < -0.4 is 4.74 Å². The van der Waals surface area contributed by atoms with Gasteiger partial charge in [-0.2, -0.15) is 0 Å². The van der Waals surface area contributed by atoms with Crippen molar-refractivity contribution in [3.8, 4) is 5.75 Å². The van der Waals surface area contributed by atoms with Crippen LogP contribution in [-0.4, -0.2) is 41.1 Å². The third-order valence-electron chi connectivity index (χ3n) is 3.96. The van der Waals surface area contributed by atoms with Gasteiger partial charge in [0.25, 0.3) is 5.91 Å². The molecule has 0 saturated carbocycles. The molecule has 23 heavy (non-hydrogen) atoms. The highest BCUT2D eigenvalue weighted by atomic mass is 35.5. The maximum absolute atomic E-state index is 12.4. The van der Waals surface area contributed by atoms with Gasteiger partial charge in [-0.25, -0.2) is 0 Å². The van der Waals surface area contributed by atoms with E-state index in [1.165, 1.54) is 0 Å². The Morgan fingerprint density at radius 3 is 2.61 bits per heavy atom. The zero-order valence-corrected chi connectivity index (χ0v) is 14.3. The monoisotopic (exact) mass is 359 g/mol. The first-order valence-corrected chi connectivity index (χ1v) is 8.25. The van der Waals surface area contributed by atoms with Crippen LogP contribution >= 0.6 is 23.2 Å². The first kappa shape index (κ1) is 17.9. The largest absolute Gasteiger partial charge is 0.481 e. The van der Waals surface area contributed by atoms with E-state index in [4.69, 9.17) is 33.0 Å². The van der Waals surface area contributed by atoms with Gasteiger partial charge < -0.3 is 14.7 Å². The molecule has 7 heteroatoms. The van der Waals surface area contributed by atoms with E-state index < -0.39 is 12.1 Å². The molecule has 1 heterocycles. The summed E-state index contributed by atoms with van der Waals surface area (Å²) >= 11 is 12.0. The molecule has 1 unspecified atom stereocenters. The van der Waals surface area contributed by atoms with Crippen molar-refractivity contribution < 1.29 is 19.4 Å². The van der Waals surface area contributed by atoms with Crippen LogP contribution in [0.5, 0.6) is 5.75 Å². The fourth-order valence-corrected chi connectivity index (χ4v) is 3.01. The van der Waals surface area contributed by atoms with Crippen LogP contribution in [0.25, 0.3) is 0 Å². The van der Waals surface area contributed by atoms with Crippen molar-refractivity contribution in [1.82, 2.24) is 4.90 Å². The van der Waals surface area contributed by atoms with Crippen molar-refractivity contribution in [2.45, 2.75) is 32.3 Å². The van der Waals surface area contributed by atoms with Crippen molar-refractivity contribution in [1.29, 1.82) is 0 Å². The maximum atomic E-state index is 12.4. The minimum atomic E-state index is -0.790. The number of carbonyl (C=O) groups is 2. The molecule has 0 aliphatic carbocycles. The second-order valence-electron chi connectivity index (χ2n) is 5.68. The van der Waals surface area contributed by atoms with Gasteiger partial charge in [0.15, 0.2) is 6.10 Å². The topological polar surface area (TPSA) is 66.8 Å². The van der Waals surface area contributed by atoms with Crippen molar-refractivity contribution in [3.05, 3.63) is 28.2 Å². The molecule has 1 aliphatic heterocycles. The number of hydrogen-bond donors (Lipinski definition) is 1. The molecule has 1 aromatic carbocycles. The summed E-state index contributed by atoms with van der Waals surface area (Å²) in [6, 6.07) is 5.02. The van der Waals surface area contributed by atoms with E-state index in [1.54, 1.807) is 30.0 Å². The predicted molar refractivity (Wildman–Crippen MR) is 88.1 cm³/mol. The standard InChI is InChI=1S/C16H19Cl2NO4/c1-10(23-13-4-2-3-12(17)15(13)18)16(22)19-7-5-11(6-8-19)9-14(20)21/h2-4,10-11H,5-9H2,1H3,(H,20,21). The summed E-state index contributed by atoms with van der Waals surface area (Å²) in [5.74, 6) is -0.409. The molecule has 1 N–H and O–H groups in total. The van der Waals surface area contributed by atoms with E-state index >= 15 is 0 Å². The Morgan fingerprint density at radius 1 is 1.35 bits per heavy atom. The minimum absolute atomic E-state index is 0.130. The second-order valence-corrected chi connectivity index (χ2v) is 6.46. The van der Waals surface area contributed by atoms with Crippen molar-refractivity contribution in [2.75, 3.05) is 13.1 Å². The fourth-order valence-electron chi connectivity index (χ4n) is 2.68. The minimum Gasteiger partial charge on any atom is -0.481 e. The summed E-state index contributed by atoms with van der Waals surface area (Å²) < 4.78 is 5.63. The van der Waals surface area contributed by atoms with E-state index in [0.29, 0.717) is 36.7 Å². The lowest BCUT2D eigenvalue weighted by Gasteiger charge is -2.33. The molecule has 5 nitrogen and oxygen atoms in total. The van der Waals surface area contributed by atoms with Crippen molar-refractivity contribution in [2.24, 2.45) is 5.92 Å². The first-order valence-electron chi connectivity index (χ1n) is 7.49. The average molecular weight is 360 g/mol. The summed E-state index contributed by atoms with van der Waals surface area (Å²) in [5.41, 5.74) is 0. The number of likely N-dealkylation sites (tertiary alicyclic amines) is 1. The normalized spacial score (nSPS) is 16.9. The number of carboxylic acid groups (broad SMARTS) is 1. The SMILES string of the molecule is CC(Oc1cccc(Cl)c1Cl)C(=O)N1CCC(CC(=O)O)CC1. The van der Waals surface area contributed by atoms with E-state index in [9.17, 15) is 9.59 Å². The van der Waals surface area contributed by atoms with Crippen LogP contribution in [0.15, 0.2) is 18.2 Å². The molecule has 126 valence electrons. The van der Waals surface area contributed by atoms with Gasteiger partial charge in [-0.15, -0.1) is 0 Å². The molecular weight excluding hydrogens is 341 g/mol. The molecule has 1 amide bonds. The van der Waals surface area contributed by atoms with E-state index in [0.717, 1.165) is 0 Å². The zero-order chi connectivity index (χ0) is 17.0. The Balaban J connectivity index is 1.91. The number of ether oxygens (including phenoxy) is 1. The smallest absolute Gasteiger partial charge is 0.303 e. The average Bonchev–Trinajstić information content (AvgIpc) is 2.51. The van der Waals surface area contributed by atoms with E-state index in [2.05, 4.69) is 0 Å². The number of hydrogen-bond acceptors (Lipinski definition) is 3. The molecule has 1 fully saturated rings. The Morgan fingerprint density at radius 2 is 2.00 bits per heavy atom. The van der Waals surface area contributed by atoms with Gasteiger partial charge in [0.2, 0.25) is 0 Å². The highest BCUT2D eigenvalue weighted by molar-refractivity contribution is 6.42. The van der Waals surface area contributed by atoms with Gasteiger partial charge in [0.05, 0.1) is 5.02 Å². The van der Waals surface area contributed by atoms with Crippen LogP contribution in [-0.2, 0) is 9.59 Å². The Labute approximate surface area is 145 Å². The lowest BCUT2D eigenvalue weighted by molar-refractivity contribution is -0.140. The van der Waals surface area contributed by atoms with Gasteiger partial charge >= 0.3 is 5.97 Å². The molecular formula is C16H19Cl2NO4. The van der Waals surface area contributed by atoms with E-state index in [1.807, 2.05) is 0 Å². The van der Waals surface area contributed by atoms with Gasteiger partial charge in [-0.05, 0) is 37.8 Å². The molecule has 2 rings (SSSR count). The summed E-state index contributed by atoms with van der Waals surface area (Å²) in [5, 5.41) is 9.48. The molecule has 0 aromatic heterocycles. The third kappa shape index (κ3) is 4.75. The molecule has 0 spiro atoms. The molecule has 1 aliphatic rings. The van der Waals surface area contributed by atoms with Gasteiger partial charge in [0, 0.05) is 19.5 Å². The van der Waals surface area contributed by atoms with Crippen LogP contribution in [0, 0.1) is 5.92 Å². The van der Waals surface area contributed by atoms with E-state index in [-0.39, 0.29) is 23.3 Å². The summed E-state index contributed by atoms with van der Waals surface area (Å²) in [6.07, 6.45) is 0.874. The highest BCUT2D eigenvalue weighted by Gasteiger charge is 2.28. The lowest BCUT2D eigenvalue weighted by Crippen LogP contribution is -2.45. The quantitative estimate of drug-likeness (QED) is 0.873. The number of nitrogens with zero attached hydrogens (tertiary/aromatic N) is 1. The number of piperidine rings is 1. The summed E-state index contributed by atoms with van der Waals surface area (Å²) in [7, 11) is 0. The summed E-state index contributed by atoms with van der Waals surface area (Å²) in [4.78, 5) is 24.9. The van der Waals surface area contributed by atoms with Crippen molar-refractivity contribution >= 4 is 35.1 Å². The lowest BCUT2D eigenvalue weighted by atomic mass is 9.93. The Kier molecular flexibility index (Phi) is 6.13. The number of amides is 1. The van der Waals surface area contributed by atoms with Gasteiger partial charge in [0.1, 0.15) is 10.8 Å². The molecule has 1 atom stereocenters. The highest BCUT2D eigenvalue weighted by Crippen LogP contribution is 2.32. The fraction of sp³-hybridized carbons (Fsp3) is 0.500. The van der Waals surface area contributed by atoms with Crippen LogP contribution in [0.1, 0.15) is 26.2 Å². The Bertz CT molecular complexity index is 585. The number of carboxylic acids is 1. The molecule has 0 radical (unpaired) electrons. The first-order chi connectivity index (χ1) is 10.9. The zero-order valence-electron chi connectivity index (χ0n) is 12.8. The molecule has 0 bridgehead atoms. The number of rotatable bonds is 5. The van der Waals surface area contributed by atoms with Crippen LogP contribution in [0.2, 0.25) is 10.0 Å². The second kappa shape index (κ2) is 7.88. The molecule has 1 aromatic rings. The van der Waals surface area contributed by atoms with Gasteiger partial charge in [-0.3, -0.25) is 9.59 Å². The molecule has 1 saturated heterocycles. The maximum Gasteiger partial charge on any atom is 0.303 e. The number of aliphatic carboxylic acids is 1.